The van der Waals surface area contributed by atoms with Crippen LogP contribution in [0.15, 0.2) is 42.9 Å². The Hall–Kier alpha value is -3.26. The Labute approximate surface area is 250 Å². The molecule has 1 atom stereocenters. The van der Waals surface area contributed by atoms with Crippen molar-refractivity contribution in [3.05, 3.63) is 59.2 Å². The third-order valence-electron chi connectivity index (χ3n) is 7.35. The van der Waals surface area contributed by atoms with Gasteiger partial charge in [0.2, 0.25) is 16.0 Å². The van der Waals surface area contributed by atoms with Crippen LogP contribution in [0.25, 0.3) is 21.8 Å². The fraction of sp³-hybridized carbons (Fsp3) is 0.448. The maximum Gasteiger partial charge on any atom is 0.227 e. The van der Waals surface area contributed by atoms with E-state index in [1.54, 1.807) is 37.5 Å². The summed E-state index contributed by atoms with van der Waals surface area (Å²) in [7, 11) is -4.01. The Bertz CT molecular complexity index is 1660. The molecule has 10 nitrogen and oxygen atoms in total. The minimum atomic E-state index is -4.01. The molecule has 4 N–H and O–H groups in total. The molecule has 4 heterocycles. The van der Waals surface area contributed by atoms with Crippen molar-refractivity contribution in [3.8, 4) is 21.8 Å². The van der Waals surface area contributed by atoms with E-state index in [-0.39, 0.29) is 23.0 Å². The van der Waals surface area contributed by atoms with Gasteiger partial charge in [0, 0.05) is 35.5 Å². The lowest BCUT2D eigenvalue weighted by molar-refractivity contribution is 0.321. The maximum absolute atomic E-state index is 16.1. The molecule has 42 heavy (non-hydrogen) atoms. The molecule has 13 heteroatoms. The highest BCUT2D eigenvalue weighted by Crippen LogP contribution is 2.42. The Morgan fingerprint density at radius 2 is 1.98 bits per heavy atom. The van der Waals surface area contributed by atoms with Crippen LogP contribution in [-0.2, 0) is 22.0 Å². The lowest BCUT2D eigenvalue weighted by Gasteiger charge is -2.22. The Kier molecular flexibility index (Phi) is 8.74. The number of sulfonamides is 1. The van der Waals surface area contributed by atoms with Gasteiger partial charge >= 0.3 is 0 Å². The molecule has 4 aromatic rings. The summed E-state index contributed by atoms with van der Waals surface area (Å²) in [5.41, 5.74) is 1.65. The monoisotopic (exact) mass is 612 g/mol. The predicted octanol–water partition coefficient (Wildman–Crippen LogP) is 5.38. The fourth-order valence-electron chi connectivity index (χ4n) is 5.14. The fourth-order valence-corrected chi connectivity index (χ4v) is 7.25. The summed E-state index contributed by atoms with van der Waals surface area (Å²) in [6.07, 6.45) is 7.75. The molecule has 0 amide bonds. The highest BCUT2D eigenvalue weighted by molar-refractivity contribution is 7.89. The first kappa shape index (κ1) is 30.2. The zero-order chi connectivity index (χ0) is 30.1. The first-order valence-corrected chi connectivity index (χ1v) is 16.5. The van der Waals surface area contributed by atoms with E-state index < -0.39 is 21.1 Å². The minimum absolute atomic E-state index is 0.0281. The number of piperidine rings is 1. The molecule has 1 saturated heterocycles. The average molecular weight is 613 g/mol. The number of hydrogen-bond donors (Lipinski definition) is 3. The molecule has 1 aliphatic heterocycles. The number of anilines is 2. The van der Waals surface area contributed by atoms with E-state index in [1.807, 2.05) is 31.6 Å². The van der Waals surface area contributed by atoms with Crippen LogP contribution in [0.2, 0.25) is 0 Å². The van der Waals surface area contributed by atoms with E-state index in [1.165, 1.54) is 17.4 Å². The number of aromatic nitrogens is 5. The van der Waals surface area contributed by atoms with E-state index in [2.05, 4.69) is 20.7 Å². The van der Waals surface area contributed by atoms with Gasteiger partial charge in [0.1, 0.15) is 11.1 Å². The van der Waals surface area contributed by atoms with Crippen LogP contribution in [0.1, 0.15) is 62.8 Å². The molecule has 0 aliphatic carbocycles. The molecule has 5 rings (SSSR count). The molecule has 1 unspecified atom stereocenters. The number of thiazole rings is 1. The summed E-state index contributed by atoms with van der Waals surface area (Å²) < 4.78 is 42.5. The summed E-state index contributed by atoms with van der Waals surface area (Å²) in [4.78, 5) is 14.7. The number of benzene rings is 1. The zero-order valence-corrected chi connectivity index (χ0v) is 25.9. The van der Waals surface area contributed by atoms with Crippen molar-refractivity contribution in [2.45, 2.75) is 64.2 Å². The number of nitrogens with one attached hydrogen (secondary N) is 2. The number of halogens is 1. The summed E-state index contributed by atoms with van der Waals surface area (Å²) in [5.74, 6) is 0.316. The molecule has 1 aromatic carbocycles. The second-order valence-corrected chi connectivity index (χ2v) is 14.4. The van der Waals surface area contributed by atoms with Gasteiger partial charge in [-0.2, -0.15) is 5.10 Å². The van der Waals surface area contributed by atoms with Crippen LogP contribution in [-0.4, -0.2) is 46.2 Å². The first-order chi connectivity index (χ1) is 19.9. The van der Waals surface area contributed by atoms with Crippen molar-refractivity contribution in [2.75, 3.05) is 18.4 Å². The summed E-state index contributed by atoms with van der Waals surface area (Å²) >= 11 is 1.43. The van der Waals surface area contributed by atoms with Crippen molar-refractivity contribution in [3.63, 3.8) is 0 Å². The molecule has 224 valence electrons. The molecule has 1 aliphatic rings. The van der Waals surface area contributed by atoms with Crippen LogP contribution < -0.4 is 15.8 Å². The lowest BCUT2D eigenvalue weighted by atomic mass is 9.98. The first-order valence-electron chi connectivity index (χ1n) is 14.1. The zero-order valence-electron chi connectivity index (χ0n) is 24.3. The van der Waals surface area contributed by atoms with Crippen molar-refractivity contribution < 1.29 is 12.8 Å². The van der Waals surface area contributed by atoms with E-state index in [0.29, 0.717) is 28.1 Å². The molecule has 0 bridgehead atoms. The SMILES string of the molecule is CCC(c1cccc(-c2nc(C(C)(C)C)sc2-c2ccnc(Nc3cnn(CC4CCNCC4)c3)n2)c1F)S(N)(=O)=O. The minimum Gasteiger partial charge on any atom is -0.321 e. The molecular formula is C29H37FN8O2S2. The molecule has 0 spiro atoms. The van der Waals surface area contributed by atoms with E-state index in [0.717, 1.165) is 43.2 Å². The predicted molar refractivity (Wildman–Crippen MR) is 164 cm³/mol. The van der Waals surface area contributed by atoms with Gasteiger partial charge in [0.15, 0.2) is 0 Å². The van der Waals surface area contributed by atoms with Gasteiger partial charge in [-0.25, -0.2) is 32.9 Å². The topological polar surface area (TPSA) is 141 Å². The Balaban J connectivity index is 1.49. The van der Waals surface area contributed by atoms with Crippen molar-refractivity contribution >= 4 is 33.0 Å². The number of hydrogen-bond acceptors (Lipinski definition) is 9. The van der Waals surface area contributed by atoms with Crippen molar-refractivity contribution in [2.24, 2.45) is 11.1 Å². The summed E-state index contributed by atoms with van der Waals surface area (Å²) in [6, 6.07) is 6.47. The van der Waals surface area contributed by atoms with Crippen molar-refractivity contribution in [1.29, 1.82) is 0 Å². The highest BCUT2D eigenvalue weighted by atomic mass is 32.2. The van der Waals surface area contributed by atoms with Crippen LogP contribution in [0.4, 0.5) is 16.0 Å². The van der Waals surface area contributed by atoms with Gasteiger partial charge in [-0.1, -0.05) is 39.8 Å². The lowest BCUT2D eigenvalue weighted by Crippen LogP contribution is -2.29. The highest BCUT2D eigenvalue weighted by Gasteiger charge is 2.29. The number of nitrogens with two attached hydrogens (primary N) is 1. The smallest absolute Gasteiger partial charge is 0.227 e. The van der Waals surface area contributed by atoms with Crippen LogP contribution in [0, 0.1) is 11.7 Å². The average Bonchev–Trinajstić information content (AvgIpc) is 3.57. The van der Waals surface area contributed by atoms with Crippen LogP contribution in [0.5, 0.6) is 0 Å². The van der Waals surface area contributed by atoms with Gasteiger partial charge in [0.25, 0.3) is 0 Å². The van der Waals surface area contributed by atoms with E-state index in [4.69, 9.17) is 15.1 Å². The third kappa shape index (κ3) is 6.69. The van der Waals surface area contributed by atoms with Crippen LogP contribution >= 0.6 is 11.3 Å². The van der Waals surface area contributed by atoms with Crippen molar-refractivity contribution in [1.82, 2.24) is 30.0 Å². The Morgan fingerprint density at radius 1 is 1.21 bits per heavy atom. The summed E-state index contributed by atoms with van der Waals surface area (Å²) in [6.45, 7) is 10.7. The normalized spacial score (nSPS) is 15.6. The number of nitrogens with zero attached hydrogens (tertiary/aromatic N) is 5. The second kappa shape index (κ2) is 12.2. The molecule has 1 fully saturated rings. The van der Waals surface area contributed by atoms with E-state index in [9.17, 15) is 8.42 Å². The third-order valence-corrected chi connectivity index (χ3v) is 10.2. The number of rotatable bonds is 9. The van der Waals surface area contributed by atoms with Crippen LogP contribution in [0.3, 0.4) is 0 Å². The Morgan fingerprint density at radius 3 is 2.67 bits per heavy atom. The molecular weight excluding hydrogens is 576 g/mol. The van der Waals surface area contributed by atoms with Gasteiger partial charge in [-0.3, -0.25) is 4.68 Å². The second-order valence-electron chi connectivity index (χ2n) is 11.7. The van der Waals surface area contributed by atoms with Gasteiger partial charge < -0.3 is 10.6 Å². The number of primary sulfonamides is 1. The van der Waals surface area contributed by atoms with Gasteiger partial charge in [-0.05, 0) is 50.4 Å². The molecule has 0 radical (unpaired) electrons. The quantitative estimate of drug-likeness (QED) is 0.229. The standard InChI is InChI=1S/C29H37FN8O2S2/c1-5-23(42(31,39)40)20-7-6-8-21(24(20)30)25-26(41-27(37-25)29(2,3)4)22-11-14-33-28(36-22)35-19-15-34-38(17-19)16-18-9-12-32-13-10-18/h6-8,11,14-15,17-18,23,32H,5,9-10,12-13,16H2,1-4H3,(H2,31,39,40)(H,33,35,36). The molecule has 0 saturated carbocycles. The molecule has 3 aromatic heterocycles. The van der Waals surface area contributed by atoms with E-state index >= 15 is 4.39 Å². The summed E-state index contributed by atoms with van der Waals surface area (Å²) in [5, 5.41) is 16.2. The largest absolute Gasteiger partial charge is 0.321 e. The van der Waals surface area contributed by atoms with Gasteiger partial charge in [0.05, 0.1) is 33.2 Å². The van der Waals surface area contributed by atoms with Gasteiger partial charge in [-0.15, -0.1) is 11.3 Å². The maximum atomic E-state index is 16.1.